The zero-order valence-electron chi connectivity index (χ0n) is 13.2. The summed E-state index contributed by atoms with van der Waals surface area (Å²) >= 11 is 0. The highest BCUT2D eigenvalue weighted by molar-refractivity contribution is 5.36. The number of hydrogen-bond donors (Lipinski definition) is 1. The van der Waals surface area contributed by atoms with Crippen molar-refractivity contribution >= 4 is 0 Å². The van der Waals surface area contributed by atoms with Crippen LogP contribution in [0.5, 0.6) is 5.75 Å². The van der Waals surface area contributed by atoms with E-state index in [0.29, 0.717) is 29.6 Å². The minimum Gasteiger partial charge on any atom is -0.507 e. The van der Waals surface area contributed by atoms with Crippen LogP contribution in [0.25, 0.3) is 0 Å². The van der Waals surface area contributed by atoms with Crippen LogP contribution in [0.4, 0.5) is 0 Å². The smallest absolute Gasteiger partial charge is 0.343 e. The predicted molar refractivity (Wildman–Crippen MR) is 88.7 cm³/mol. The lowest BCUT2D eigenvalue weighted by atomic mass is 9.90. The highest BCUT2D eigenvalue weighted by atomic mass is 16.4. The van der Waals surface area contributed by atoms with Crippen molar-refractivity contribution in [3.8, 4) is 5.75 Å². The average Bonchev–Trinajstić information content (AvgIpc) is 3.44. The van der Waals surface area contributed by atoms with Gasteiger partial charge in [0.05, 0.1) is 5.56 Å². The molecule has 1 aromatic heterocycles. The molecule has 0 aliphatic heterocycles. The first-order valence-electron chi connectivity index (χ1n) is 8.62. The molecule has 1 heterocycles. The molecule has 3 nitrogen and oxygen atoms in total. The maximum atomic E-state index is 12.5. The van der Waals surface area contributed by atoms with Gasteiger partial charge < -0.3 is 9.52 Å². The fraction of sp³-hybridized carbons (Fsp3) is 0.450. The molecule has 0 radical (unpaired) electrons. The van der Waals surface area contributed by atoms with E-state index in [1.54, 1.807) is 6.07 Å². The highest BCUT2D eigenvalue weighted by Crippen LogP contribution is 2.55. The monoisotopic (exact) mass is 310 g/mol. The minimum absolute atomic E-state index is 0.146. The van der Waals surface area contributed by atoms with Gasteiger partial charge in [-0.3, -0.25) is 0 Å². The van der Waals surface area contributed by atoms with Crippen LogP contribution in [-0.2, 0) is 12.8 Å². The summed E-state index contributed by atoms with van der Waals surface area (Å²) in [5.74, 6) is 2.09. The molecule has 2 aromatic rings. The van der Waals surface area contributed by atoms with Crippen LogP contribution in [0.3, 0.4) is 0 Å². The maximum Gasteiger partial charge on any atom is 0.343 e. The van der Waals surface area contributed by atoms with Crippen LogP contribution in [0.15, 0.2) is 45.6 Å². The molecule has 4 rings (SSSR count). The Morgan fingerprint density at radius 3 is 2.26 bits per heavy atom. The van der Waals surface area contributed by atoms with Gasteiger partial charge in [0, 0.05) is 18.4 Å². The SMILES string of the molecule is O=c1oc(CCc2ccccc2)cc(O)c1C(C1CC1)C1CC1. The third-order valence-corrected chi connectivity index (χ3v) is 5.11. The van der Waals surface area contributed by atoms with E-state index in [0.717, 1.165) is 6.42 Å². The summed E-state index contributed by atoms with van der Waals surface area (Å²) in [4.78, 5) is 12.5. The normalized spacial score (nSPS) is 17.6. The topological polar surface area (TPSA) is 50.4 Å². The Kier molecular flexibility index (Phi) is 3.72. The number of rotatable bonds is 6. The zero-order valence-corrected chi connectivity index (χ0v) is 13.2. The van der Waals surface area contributed by atoms with Gasteiger partial charge in [0.2, 0.25) is 0 Å². The molecule has 2 saturated carbocycles. The summed E-state index contributed by atoms with van der Waals surface area (Å²) in [5, 5.41) is 10.4. The first-order chi connectivity index (χ1) is 11.2. The van der Waals surface area contributed by atoms with Crippen molar-refractivity contribution < 1.29 is 9.52 Å². The molecule has 1 N–H and O–H groups in total. The van der Waals surface area contributed by atoms with E-state index in [1.165, 1.54) is 31.2 Å². The predicted octanol–water partition coefficient (Wildman–Crippen LogP) is 4.03. The van der Waals surface area contributed by atoms with Crippen LogP contribution in [0.1, 0.15) is 48.5 Å². The van der Waals surface area contributed by atoms with Gasteiger partial charge in [-0.25, -0.2) is 4.79 Å². The van der Waals surface area contributed by atoms with E-state index >= 15 is 0 Å². The molecule has 2 aliphatic carbocycles. The van der Waals surface area contributed by atoms with E-state index in [2.05, 4.69) is 12.1 Å². The van der Waals surface area contributed by atoms with E-state index in [9.17, 15) is 9.90 Å². The second-order valence-corrected chi connectivity index (χ2v) is 6.99. The zero-order chi connectivity index (χ0) is 15.8. The minimum atomic E-state index is -0.322. The van der Waals surface area contributed by atoms with Gasteiger partial charge in [0.1, 0.15) is 11.5 Å². The van der Waals surface area contributed by atoms with E-state index in [-0.39, 0.29) is 17.3 Å². The molecule has 3 heteroatoms. The summed E-state index contributed by atoms with van der Waals surface area (Å²) < 4.78 is 5.53. The molecule has 0 atom stereocenters. The molecule has 23 heavy (non-hydrogen) atoms. The summed E-state index contributed by atoms with van der Waals surface area (Å²) in [6.45, 7) is 0. The van der Waals surface area contributed by atoms with Gasteiger partial charge in [-0.05, 0) is 49.5 Å². The van der Waals surface area contributed by atoms with E-state index in [4.69, 9.17) is 4.42 Å². The van der Waals surface area contributed by atoms with Gasteiger partial charge >= 0.3 is 5.63 Å². The number of aryl methyl sites for hydroxylation is 2. The first-order valence-corrected chi connectivity index (χ1v) is 8.62. The van der Waals surface area contributed by atoms with Crippen LogP contribution < -0.4 is 5.63 Å². The third-order valence-electron chi connectivity index (χ3n) is 5.11. The second kappa shape index (κ2) is 5.88. The standard InChI is InChI=1S/C20H22O3/c21-17-12-16(11-6-13-4-2-1-3-5-13)23-20(22)19(17)18(14-7-8-14)15-9-10-15/h1-5,12,14-15,18,21H,6-11H2. The summed E-state index contributed by atoms with van der Waals surface area (Å²) in [7, 11) is 0. The number of benzene rings is 1. The van der Waals surface area contributed by atoms with Crippen LogP contribution in [0.2, 0.25) is 0 Å². The molecule has 0 spiro atoms. The first kappa shape index (κ1) is 14.6. The van der Waals surface area contributed by atoms with E-state index in [1.807, 2.05) is 18.2 Å². The lowest BCUT2D eigenvalue weighted by Gasteiger charge is -2.16. The van der Waals surface area contributed by atoms with Crippen LogP contribution in [0, 0.1) is 11.8 Å². The molecule has 0 unspecified atom stereocenters. The Morgan fingerprint density at radius 1 is 1.04 bits per heavy atom. The summed E-state index contributed by atoms with van der Waals surface area (Å²) in [6, 6.07) is 11.8. The Bertz CT molecular complexity index is 727. The fourth-order valence-corrected chi connectivity index (χ4v) is 3.65. The Balaban J connectivity index is 1.55. The van der Waals surface area contributed by atoms with Gasteiger partial charge in [-0.2, -0.15) is 0 Å². The molecular weight excluding hydrogens is 288 g/mol. The average molecular weight is 310 g/mol. The molecule has 2 aliphatic rings. The van der Waals surface area contributed by atoms with Crippen LogP contribution >= 0.6 is 0 Å². The second-order valence-electron chi connectivity index (χ2n) is 6.99. The van der Waals surface area contributed by atoms with Crippen molar-refractivity contribution in [2.45, 2.75) is 44.4 Å². The Labute approximate surface area is 136 Å². The summed E-state index contributed by atoms with van der Waals surface area (Å²) in [5.41, 5.74) is 1.42. The number of hydrogen-bond acceptors (Lipinski definition) is 3. The summed E-state index contributed by atoms with van der Waals surface area (Å²) in [6.07, 6.45) is 6.14. The molecule has 0 bridgehead atoms. The van der Waals surface area contributed by atoms with Crippen molar-refractivity contribution in [1.29, 1.82) is 0 Å². The Hall–Kier alpha value is -2.03. The van der Waals surface area contributed by atoms with Crippen LogP contribution in [-0.4, -0.2) is 5.11 Å². The number of aromatic hydroxyl groups is 1. The lowest BCUT2D eigenvalue weighted by molar-refractivity contribution is 0.388. The molecule has 1 aromatic carbocycles. The maximum absolute atomic E-state index is 12.5. The van der Waals surface area contributed by atoms with Gasteiger partial charge in [0.15, 0.2) is 0 Å². The molecule has 0 amide bonds. The molecule has 0 saturated heterocycles. The van der Waals surface area contributed by atoms with Crippen molar-refractivity contribution in [2.24, 2.45) is 11.8 Å². The lowest BCUT2D eigenvalue weighted by Crippen LogP contribution is -2.17. The highest BCUT2D eigenvalue weighted by Gasteiger charge is 2.45. The van der Waals surface area contributed by atoms with Crippen molar-refractivity contribution in [2.75, 3.05) is 0 Å². The van der Waals surface area contributed by atoms with Gasteiger partial charge in [-0.1, -0.05) is 30.3 Å². The Morgan fingerprint density at radius 2 is 1.70 bits per heavy atom. The van der Waals surface area contributed by atoms with E-state index < -0.39 is 0 Å². The van der Waals surface area contributed by atoms with Gasteiger partial charge in [-0.15, -0.1) is 0 Å². The largest absolute Gasteiger partial charge is 0.507 e. The molecule has 2 fully saturated rings. The van der Waals surface area contributed by atoms with Crippen molar-refractivity contribution in [3.05, 3.63) is 63.7 Å². The van der Waals surface area contributed by atoms with Crippen molar-refractivity contribution in [1.82, 2.24) is 0 Å². The fourth-order valence-electron chi connectivity index (χ4n) is 3.65. The quantitative estimate of drug-likeness (QED) is 0.876. The third kappa shape index (κ3) is 3.19. The molecule has 120 valence electrons. The van der Waals surface area contributed by atoms with Crippen molar-refractivity contribution in [3.63, 3.8) is 0 Å². The van der Waals surface area contributed by atoms with Gasteiger partial charge in [0.25, 0.3) is 0 Å². The molecular formula is C20H22O3.